The van der Waals surface area contributed by atoms with Crippen LogP contribution in [0.15, 0.2) is 0 Å². The molecule has 2 N–H and O–H groups in total. The Labute approximate surface area is 94.3 Å². The standard InChI is InChI=1S/C7H10ClN5OS/c8-5-10-6(9)12-7(11-5)13-1-3-15(14)4-2-13/h1-4H2,(H2,9,10,11,12). The first kappa shape index (κ1) is 10.6. The second-order valence-corrected chi connectivity index (χ2v) is 5.13. The van der Waals surface area contributed by atoms with Crippen LogP contribution in [-0.4, -0.2) is 43.8 Å². The molecule has 1 saturated heterocycles. The van der Waals surface area contributed by atoms with Crippen LogP contribution < -0.4 is 10.6 Å². The smallest absolute Gasteiger partial charge is 0.231 e. The Morgan fingerprint density at radius 2 is 1.93 bits per heavy atom. The SMILES string of the molecule is Nc1nc(Cl)nc(N2CCS(=O)CC2)n1. The van der Waals surface area contributed by atoms with Gasteiger partial charge >= 0.3 is 0 Å². The highest BCUT2D eigenvalue weighted by Crippen LogP contribution is 2.13. The lowest BCUT2D eigenvalue weighted by molar-refractivity contribution is 0.671. The summed E-state index contributed by atoms with van der Waals surface area (Å²) in [6, 6.07) is 0. The molecule has 6 nitrogen and oxygen atoms in total. The number of halogens is 1. The first-order valence-electron chi connectivity index (χ1n) is 4.42. The monoisotopic (exact) mass is 247 g/mol. The fraction of sp³-hybridized carbons (Fsp3) is 0.571. The average Bonchev–Trinajstić information content (AvgIpc) is 2.17. The van der Waals surface area contributed by atoms with E-state index in [4.69, 9.17) is 17.3 Å². The zero-order valence-electron chi connectivity index (χ0n) is 7.89. The summed E-state index contributed by atoms with van der Waals surface area (Å²) in [7, 11) is -0.722. The van der Waals surface area contributed by atoms with Crippen LogP contribution in [0, 0.1) is 0 Å². The molecular weight excluding hydrogens is 238 g/mol. The van der Waals surface area contributed by atoms with Crippen molar-refractivity contribution in [3.05, 3.63) is 5.28 Å². The van der Waals surface area contributed by atoms with Gasteiger partial charge in [0, 0.05) is 35.4 Å². The topological polar surface area (TPSA) is 85.0 Å². The zero-order valence-corrected chi connectivity index (χ0v) is 9.46. The van der Waals surface area contributed by atoms with Crippen molar-refractivity contribution in [3.8, 4) is 0 Å². The third-order valence-corrected chi connectivity index (χ3v) is 3.52. The Morgan fingerprint density at radius 1 is 1.27 bits per heavy atom. The van der Waals surface area contributed by atoms with Crippen LogP contribution >= 0.6 is 11.6 Å². The van der Waals surface area contributed by atoms with Crippen molar-refractivity contribution in [3.63, 3.8) is 0 Å². The second-order valence-electron chi connectivity index (χ2n) is 3.10. The van der Waals surface area contributed by atoms with Crippen LogP contribution in [0.3, 0.4) is 0 Å². The highest BCUT2D eigenvalue weighted by molar-refractivity contribution is 7.85. The van der Waals surface area contributed by atoms with Gasteiger partial charge in [-0.3, -0.25) is 4.21 Å². The lowest BCUT2D eigenvalue weighted by Crippen LogP contribution is -2.38. The van der Waals surface area contributed by atoms with Gasteiger partial charge in [-0.25, -0.2) is 0 Å². The number of hydrogen-bond acceptors (Lipinski definition) is 6. The number of nitrogens with zero attached hydrogens (tertiary/aromatic N) is 4. The lowest BCUT2D eigenvalue weighted by atomic mass is 10.5. The predicted octanol–water partition coefficient (Wildman–Crippen LogP) is -0.324. The summed E-state index contributed by atoms with van der Waals surface area (Å²) in [4.78, 5) is 13.5. The van der Waals surface area contributed by atoms with Gasteiger partial charge in [0.05, 0.1) is 0 Å². The fourth-order valence-electron chi connectivity index (χ4n) is 1.33. The fourth-order valence-corrected chi connectivity index (χ4v) is 2.55. The van der Waals surface area contributed by atoms with Crippen molar-refractivity contribution in [2.24, 2.45) is 0 Å². The van der Waals surface area contributed by atoms with Gasteiger partial charge in [0.1, 0.15) is 0 Å². The van der Waals surface area contributed by atoms with Crippen LogP contribution in [0.5, 0.6) is 0 Å². The van der Waals surface area contributed by atoms with Crippen LogP contribution in [0.1, 0.15) is 0 Å². The van der Waals surface area contributed by atoms with Crippen molar-refractivity contribution in [1.29, 1.82) is 0 Å². The molecule has 1 fully saturated rings. The number of hydrogen-bond donors (Lipinski definition) is 1. The van der Waals surface area contributed by atoms with Gasteiger partial charge in [0.2, 0.25) is 17.2 Å². The number of nitrogens with two attached hydrogens (primary N) is 1. The molecule has 1 aromatic heterocycles. The normalized spacial score (nSPS) is 18.1. The van der Waals surface area contributed by atoms with Crippen molar-refractivity contribution in [1.82, 2.24) is 15.0 Å². The van der Waals surface area contributed by atoms with Crippen molar-refractivity contribution < 1.29 is 4.21 Å². The van der Waals surface area contributed by atoms with Crippen molar-refractivity contribution in [2.75, 3.05) is 35.2 Å². The van der Waals surface area contributed by atoms with Crippen LogP contribution in [0.2, 0.25) is 5.28 Å². The van der Waals surface area contributed by atoms with Crippen LogP contribution in [0.25, 0.3) is 0 Å². The second kappa shape index (κ2) is 4.28. The molecule has 0 bridgehead atoms. The Morgan fingerprint density at radius 3 is 2.53 bits per heavy atom. The van der Waals surface area contributed by atoms with Crippen molar-refractivity contribution in [2.45, 2.75) is 0 Å². The maximum absolute atomic E-state index is 11.2. The molecule has 1 aromatic rings. The molecule has 0 aliphatic carbocycles. The number of anilines is 2. The van der Waals surface area contributed by atoms with E-state index in [0.29, 0.717) is 30.5 Å². The van der Waals surface area contributed by atoms with E-state index in [1.807, 2.05) is 4.90 Å². The van der Waals surface area contributed by atoms with E-state index in [9.17, 15) is 4.21 Å². The zero-order chi connectivity index (χ0) is 10.8. The van der Waals surface area contributed by atoms with Crippen LogP contribution in [-0.2, 0) is 10.8 Å². The van der Waals surface area contributed by atoms with E-state index in [0.717, 1.165) is 0 Å². The van der Waals surface area contributed by atoms with Crippen LogP contribution in [0.4, 0.5) is 11.9 Å². The molecule has 0 radical (unpaired) electrons. The molecule has 8 heteroatoms. The summed E-state index contributed by atoms with van der Waals surface area (Å²) in [5.41, 5.74) is 5.46. The molecule has 0 aromatic carbocycles. The third-order valence-electron chi connectivity index (χ3n) is 2.07. The number of rotatable bonds is 1. The van der Waals surface area contributed by atoms with Gasteiger partial charge in [-0.1, -0.05) is 0 Å². The highest BCUT2D eigenvalue weighted by atomic mass is 35.5. The quantitative estimate of drug-likeness (QED) is 0.732. The molecule has 0 saturated carbocycles. The van der Waals surface area contributed by atoms with E-state index in [-0.39, 0.29) is 11.2 Å². The molecule has 0 atom stereocenters. The molecule has 0 unspecified atom stereocenters. The van der Waals surface area contributed by atoms with Gasteiger partial charge in [0.25, 0.3) is 0 Å². The van der Waals surface area contributed by atoms with Gasteiger partial charge in [-0.2, -0.15) is 15.0 Å². The van der Waals surface area contributed by atoms with Gasteiger partial charge in [0.15, 0.2) is 0 Å². The summed E-state index contributed by atoms with van der Waals surface area (Å²) in [5, 5.41) is 0.0872. The molecule has 0 amide bonds. The first-order chi connectivity index (χ1) is 7.15. The maximum Gasteiger partial charge on any atom is 0.231 e. The largest absolute Gasteiger partial charge is 0.368 e. The molecule has 2 heterocycles. The van der Waals surface area contributed by atoms with E-state index >= 15 is 0 Å². The molecule has 0 spiro atoms. The summed E-state index contributed by atoms with van der Waals surface area (Å²) >= 11 is 5.67. The maximum atomic E-state index is 11.2. The summed E-state index contributed by atoms with van der Waals surface area (Å²) in [6.07, 6.45) is 0. The summed E-state index contributed by atoms with van der Waals surface area (Å²) < 4.78 is 11.2. The lowest BCUT2D eigenvalue weighted by Gasteiger charge is -2.26. The molecular formula is C7H10ClN5OS. The highest BCUT2D eigenvalue weighted by Gasteiger charge is 2.18. The van der Waals surface area contributed by atoms with Gasteiger partial charge in [-0.15, -0.1) is 0 Å². The van der Waals surface area contributed by atoms with E-state index in [1.54, 1.807) is 0 Å². The molecule has 2 rings (SSSR count). The Kier molecular flexibility index (Phi) is 3.01. The minimum absolute atomic E-state index is 0.0872. The van der Waals surface area contributed by atoms with Crippen molar-refractivity contribution >= 4 is 34.3 Å². The molecule has 1 aliphatic heterocycles. The third kappa shape index (κ3) is 2.54. The number of aromatic nitrogens is 3. The van der Waals surface area contributed by atoms with Gasteiger partial charge in [-0.05, 0) is 11.6 Å². The summed E-state index contributed by atoms with van der Waals surface area (Å²) in [6.45, 7) is 1.32. The van der Waals surface area contributed by atoms with E-state index in [2.05, 4.69) is 15.0 Å². The molecule has 82 valence electrons. The first-order valence-corrected chi connectivity index (χ1v) is 6.29. The van der Waals surface area contributed by atoms with E-state index < -0.39 is 10.8 Å². The Hall–Kier alpha value is -0.950. The predicted molar refractivity (Wildman–Crippen MR) is 59.3 cm³/mol. The van der Waals surface area contributed by atoms with E-state index in [1.165, 1.54) is 0 Å². The minimum atomic E-state index is -0.722. The summed E-state index contributed by atoms with van der Waals surface area (Å²) in [5.74, 6) is 1.83. The number of nitrogen functional groups attached to an aromatic ring is 1. The molecule has 15 heavy (non-hydrogen) atoms. The Balaban J connectivity index is 2.18. The van der Waals surface area contributed by atoms with Gasteiger partial charge < -0.3 is 10.6 Å². The minimum Gasteiger partial charge on any atom is -0.368 e. The Bertz CT molecular complexity index is 371. The molecule has 1 aliphatic rings. The average molecular weight is 248 g/mol.